The summed E-state index contributed by atoms with van der Waals surface area (Å²) in [5.74, 6) is -1.92. The van der Waals surface area contributed by atoms with E-state index in [9.17, 15) is 18.9 Å². The van der Waals surface area contributed by atoms with E-state index in [4.69, 9.17) is 0 Å². The van der Waals surface area contributed by atoms with Gasteiger partial charge < -0.3 is 10.6 Å². The topological polar surface area (TPSA) is 106 Å². The van der Waals surface area contributed by atoms with Crippen LogP contribution in [0.2, 0.25) is 0 Å². The molecule has 1 aromatic carbocycles. The summed E-state index contributed by atoms with van der Waals surface area (Å²) < 4.78 is 26.8. The Labute approximate surface area is 146 Å². The Balaban J connectivity index is 1.89. The molecule has 0 atom stereocenters. The van der Waals surface area contributed by atoms with Crippen LogP contribution < -0.4 is 10.6 Å². The van der Waals surface area contributed by atoms with Gasteiger partial charge in [-0.3, -0.25) is 15.1 Å². The molecular weight excluding hydrogens is 346 g/mol. The number of rotatable bonds is 6. The van der Waals surface area contributed by atoms with Crippen LogP contribution in [0.5, 0.6) is 0 Å². The standard InChI is InChI=1S/C16H12F2N6O2/c17-11-3-4-13(12(18)6-11)23-16-14(24(25)26)15(21-9-22-16)20-8-10-2-1-5-19-7-10/h1-7,9H,8H2,(H2,20,21,22,23). The van der Waals surface area contributed by atoms with Crippen molar-refractivity contribution in [3.8, 4) is 0 Å². The number of hydrogen-bond acceptors (Lipinski definition) is 7. The highest BCUT2D eigenvalue weighted by Gasteiger charge is 2.23. The quantitative estimate of drug-likeness (QED) is 0.514. The van der Waals surface area contributed by atoms with Crippen LogP contribution in [-0.4, -0.2) is 19.9 Å². The zero-order valence-corrected chi connectivity index (χ0v) is 13.2. The minimum Gasteiger partial charge on any atom is -0.360 e. The Morgan fingerprint density at radius 2 is 1.96 bits per heavy atom. The van der Waals surface area contributed by atoms with Gasteiger partial charge in [0.05, 0.1) is 10.6 Å². The lowest BCUT2D eigenvalue weighted by Gasteiger charge is -2.10. The summed E-state index contributed by atoms with van der Waals surface area (Å²) in [6.45, 7) is 0.246. The number of aromatic nitrogens is 3. The maximum absolute atomic E-state index is 13.8. The van der Waals surface area contributed by atoms with E-state index in [-0.39, 0.29) is 23.9 Å². The average Bonchev–Trinajstić information content (AvgIpc) is 2.63. The third-order valence-electron chi connectivity index (χ3n) is 3.37. The molecule has 0 aliphatic rings. The summed E-state index contributed by atoms with van der Waals surface area (Å²) in [5, 5.41) is 16.8. The first-order valence-corrected chi connectivity index (χ1v) is 7.39. The van der Waals surface area contributed by atoms with E-state index in [2.05, 4.69) is 25.6 Å². The molecule has 0 aliphatic carbocycles. The van der Waals surface area contributed by atoms with Gasteiger partial charge in [0, 0.05) is 25.0 Å². The van der Waals surface area contributed by atoms with Gasteiger partial charge in [-0.1, -0.05) is 6.07 Å². The van der Waals surface area contributed by atoms with Crippen LogP contribution in [0.3, 0.4) is 0 Å². The Morgan fingerprint density at radius 1 is 1.15 bits per heavy atom. The normalized spacial score (nSPS) is 10.4. The van der Waals surface area contributed by atoms with Crippen LogP contribution in [0, 0.1) is 21.7 Å². The fourth-order valence-electron chi connectivity index (χ4n) is 2.18. The Morgan fingerprint density at radius 3 is 2.65 bits per heavy atom. The van der Waals surface area contributed by atoms with Crippen molar-refractivity contribution in [2.75, 3.05) is 10.6 Å². The number of halogens is 2. The summed E-state index contributed by atoms with van der Waals surface area (Å²) in [4.78, 5) is 22.4. The Kier molecular flexibility index (Phi) is 4.92. The van der Waals surface area contributed by atoms with Crippen molar-refractivity contribution in [1.29, 1.82) is 0 Å². The zero-order chi connectivity index (χ0) is 18.5. The van der Waals surface area contributed by atoms with Gasteiger partial charge >= 0.3 is 5.69 Å². The van der Waals surface area contributed by atoms with E-state index in [1.54, 1.807) is 24.5 Å². The largest absolute Gasteiger partial charge is 0.360 e. The van der Waals surface area contributed by atoms with E-state index >= 15 is 0 Å². The van der Waals surface area contributed by atoms with Crippen LogP contribution in [0.1, 0.15) is 5.56 Å². The van der Waals surface area contributed by atoms with E-state index in [0.717, 1.165) is 24.0 Å². The molecule has 3 rings (SSSR count). The Hall–Kier alpha value is -3.69. The lowest BCUT2D eigenvalue weighted by atomic mass is 10.2. The first-order valence-electron chi connectivity index (χ1n) is 7.39. The second-order valence-corrected chi connectivity index (χ2v) is 5.14. The van der Waals surface area contributed by atoms with Gasteiger partial charge in [0.15, 0.2) is 0 Å². The molecule has 132 valence electrons. The first-order chi connectivity index (χ1) is 12.5. The molecule has 3 aromatic rings. The van der Waals surface area contributed by atoms with Crippen molar-refractivity contribution in [1.82, 2.24) is 15.0 Å². The van der Waals surface area contributed by atoms with Crippen LogP contribution in [-0.2, 0) is 6.54 Å². The van der Waals surface area contributed by atoms with Gasteiger partial charge in [0.2, 0.25) is 11.6 Å². The number of pyridine rings is 1. The summed E-state index contributed by atoms with van der Waals surface area (Å²) >= 11 is 0. The SMILES string of the molecule is O=[N+]([O-])c1c(NCc2cccnc2)ncnc1Nc1ccc(F)cc1F. The van der Waals surface area contributed by atoms with Crippen molar-refractivity contribution in [2.45, 2.75) is 6.54 Å². The predicted octanol–water partition coefficient (Wildman–Crippen LogP) is 3.41. The zero-order valence-electron chi connectivity index (χ0n) is 13.2. The minimum atomic E-state index is -0.900. The maximum atomic E-state index is 13.8. The molecule has 0 bridgehead atoms. The highest BCUT2D eigenvalue weighted by Crippen LogP contribution is 2.32. The number of nitro groups is 1. The maximum Gasteiger partial charge on any atom is 0.353 e. The third kappa shape index (κ3) is 3.86. The molecule has 26 heavy (non-hydrogen) atoms. The molecule has 0 spiro atoms. The van der Waals surface area contributed by atoms with Crippen molar-refractivity contribution in [3.63, 3.8) is 0 Å². The van der Waals surface area contributed by atoms with Gasteiger partial charge in [-0.15, -0.1) is 0 Å². The van der Waals surface area contributed by atoms with E-state index < -0.39 is 22.2 Å². The molecule has 0 saturated heterocycles. The highest BCUT2D eigenvalue weighted by atomic mass is 19.1. The second kappa shape index (κ2) is 7.47. The summed E-state index contributed by atoms with van der Waals surface area (Å²) in [6, 6.07) is 6.34. The van der Waals surface area contributed by atoms with Crippen molar-refractivity contribution < 1.29 is 13.7 Å². The van der Waals surface area contributed by atoms with Crippen LogP contribution >= 0.6 is 0 Å². The van der Waals surface area contributed by atoms with E-state index in [1.807, 2.05) is 0 Å². The lowest BCUT2D eigenvalue weighted by molar-refractivity contribution is -0.383. The van der Waals surface area contributed by atoms with Crippen LogP contribution in [0.4, 0.5) is 31.8 Å². The van der Waals surface area contributed by atoms with Crippen LogP contribution in [0.15, 0.2) is 49.1 Å². The fraction of sp³-hybridized carbons (Fsp3) is 0.0625. The number of anilines is 3. The number of nitrogens with one attached hydrogen (secondary N) is 2. The molecule has 0 aliphatic heterocycles. The number of benzene rings is 1. The van der Waals surface area contributed by atoms with Crippen molar-refractivity contribution >= 4 is 23.0 Å². The predicted molar refractivity (Wildman–Crippen MR) is 89.9 cm³/mol. The molecule has 2 N–H and O–H groups in total. The molecule has 10 heteroatoms. The molecule has 0 amide bonds. The number of hydrogen-bond donors (Lipinski definition) is 2. The van der Waals surface area contributed by atoms with Gasteiger partial charge in [0.1, 0.15) is 18.0 Å². The van der Waals surface area contributed by atoms with Gasteiger partial charge in [-0.2, -0.15) is 0 Å². The Bertz CT molecular complexity index is 939. The van der Waals surface area contributed by atoms with Gasteiger partial charge in [-0.05, 0) is 23.8 Å². The molecule has 2 aromatic heterocycles. The van der Waals surface area contributed by atoms with Crippen molar-refractivity contribution in [3.05, 3.63) is 76.4 Å². The molecule has 8 nitrogen and oxygen atoms in total. The molecule has 0 radical (unpaired) electrons. The van der Waals surface area contributed by atoms with E-state index in [0.29, 0.717) is 6.07 Å². The van der Waals surface area contributed by atoms with E-state index in [1.165, 1.54) is 0 Å². The number of nitrogens with zero attached hydrogens (tertiary/aromatic N) is 4. The fourth-order valence-corrected chi connectivity index (χ4v) is 2.18. The monoisotopic (exact) mass is 358 g/mol. The van der Waals surface area contributed by atoms with Gasteiger partial charge in [0.25, 0.3) is 0 Å². The lowest BCUT2D eigenvalue weighted by Crippen LogP contribution is -2.08. The summed E-state index contributed by atoms with van der Waals surface area (Å²) in [7, 11) is 0. The molecular formula is C16H12F2N6O2. The molecule has 0 fully saturated rings. The summed E-state index contributed by atoms with van der Waals surface area (Å²) in [5.41, 5.74) is 0.186. The van der Waals surface area contributed by atoms with Gasteiger partial charge in [-0.25, -0.2) is 18.7 Å². The molecule has 0 saturated carbocycles. The minimum absolute atomic E-state index is 0.0427. The first kappa shape index (κ1) is 17.1. The van der Waals surface area contributed by atoms with Crippen molar-refractivity contribution in [2.24, 2.45) is 0 Å². The molecule has 0 unspecified atom stereocenters. The average molecular weight is 358 g/mol. The third-order valence-corrected chi connectivity index (χ3v) is 3.37. The van der Waals surface area contributed by atoms with Crippen LogP contribution in [0.25, 0.3) is 0 Å². The molecule has 2 heterocycles. The highest BCUT2D eigenvalue weighted by molar-refractivity contribution is 5.73. The smallest absolute Gasteiger partial charge is 0.353 e. The second-order valence-electron chi connectivity index (χ2n) is 5.14. The summed E-state index contributed by atoms with van der Waals surface area (Å²) in [6.07, 6.45) is 4.31.